The number of carbonyl (C=O) groups is 1. The van der Waals surface area contributed by atoms with Crippen LogP contribution in [0.3, 0.4) is 0 Å². The van der Waals surface area contributed by atoms with Crippen LogP contribution >= 0.6 is 0 Å². The molecule has 4 heteroatoms. The first-order valence-electron chi connectivity index (χ1n) is 12.1. The van der Waals surface area contributed by atoms with Crippen LogP contribution in [0.2, 0.25) is 0 Å². The standard InChI is InChI=1S/C25H42O4/c1-15(5-8-22(28)29-4)18-6-7-19-23-20(10-12-25(18,19)3)24(2)11-9-17(26)13-16(24)14-21(23)27/h15-21,23,26-27H,5-14H2,1-4H3/t15-,16?,17-,18-,19?,20?,21-,23?,24+,25-/m1/s1. The van der Waals surface area contributed by atoms with Crippen molar-refractivity contribution in [3.05, 3.63) is 0 Å². The van der Waals surface area contributed by atoms with Crippen LogP contribution < -0.4 is 0 Å². The van der Waals surface area contributed by atoms with Crippen LogP contribution in [0, 0.1) is 46.3 Å². The number of ether oxygens (including phenoxy) is 1. The summed E-state index contributed by atoms with van der Waals surface area (Å²) in [5, 5.41) is 21.5. The summed E-state index contributed by atoms with van der Waals surface area (Å²) in [5.41, 5.74) is 0.577. The van der Waals surface area contributed by atoms with Gasteiger partial charge in [0.05, 0.1) is 19.3 Å². The molecule has 0 radical (unpaired) electrons. The molecule has 166 valence electrons. The number of carbonyl (C=O) groups excluding carboxylic acids is 1. The van der Waals surface area contributed by atoms with E-state index in [0.717, 1.165) is 32.1 Å². The van der Waals surface area contributed by atoms with Crippen molar-refractivity contribution < 1.29 is 19.7 Å². The third-order valence-corrected chi connectivity index (χ3v) is 10.4. The molecular formula is C25H42O4. The molecule has 0 aromatic carbocycles. The van der Waals surface area contributed by atoms with E-state index in [1.165, 1.54) is 32.8 Å². The van der Waals surface area contributed by atoms with Gasteiger partial charge in [-0.05, 0) is 104 Å². The zero-order valence-electron chi connectivity index (χ0n) is 18.9. The van der Waals surface area contributed by atoms with E-state index < -0.39 is 0 Å². The van der Waals surface area contributed by atoms with E-state index in [9.17, 15) is 15.0 Å². The molecule has 0 aromatic rings. The maximum Gasteiger partial charge on any atom is 0.305 e. The lowest BCUT2D eigenvalue weighted by Gasteiger charge is -2.62. The minimum absolute atomic E-state index is 0.0959. The first-order valence-corrected chi connectivity index (χ1v) is 12.1. The van der Waals surface area contributed by atoms with Crippen molar-refractivity contribution in [1.29, 1.82) is 0 Å². The summed E-state index contributed by atoms with van der Waals surface area (Å²) >= 11 is 0. The molecule has 0 spiro atoms. The van der Waals surface area contributed by atoms with E-state index in [1.54, 1.807) is 0 Å². The molecule has 0 aliphatic heterocycles. The summed E-state index contributed by atoms with van der Waals surface area (Å²) < 4.78 is 4.86. The quantitative estimate of drug-likeness (QED) is 0.671. The predicted molar refractivity (Wildman–Crippen MR) is 113 cm³/mol. The normalized spacial score (nSPS) is 50.2. The minimum atomic E-state index is -0.211. The number of methoxy groups -OCH3 is 1. The second kappa shape index (κ2) is 7.82. The Labute approximate surface area is 176 Å². The van der Waals surface area contributed by atoms with Gasteiger partial charge in [0.2, 0.25) is 0 Å². The Kier molecular flexibility index (Phi) is 5.83. The Morgan fingerprint density at radius 1 is 1.03 bits per heavy atom. The lowest BCUT2D eigenvalue weighted by Crippen LogP contribution is -2.58. The number of esters is 1. The molecule has 0 amide bonds. The van der Waals surface area contributed by atoms with Crippen molar-refractivity contribution in [2.45, 2.75) is 97.2 Å². The summed E-state index contributed by atoms with van der Waals surface area (Å²) in [5.74, 6) is 3.17. The fourth-order valence-electron chi connectivity index (χ4n) is 8.82. The van der Waals surface area contributed by atoms with Crippen LogP contribution in [-0.2, 0) is 9.53 Å². The molecule has 10 atom stereocenters. The summed E-state index contributed by atoms with van der Waals surface area (Å²) in [7, 11) is 1.48. The smallest absolute Gasteiger partial charge is 0.305 e. The molecule has 4 nitrogen and oxygen atoms in total. The van der Waals surface area contributed by atoms with E-state index in [1.807, 2.05) is 0 Å². The van der Waals surface area contributed by atoms with Gasteiger partial charge in [-0.15, -0.1) is 0 Å². The van der Waals surface area contributed by atoms with Crippen LogP contribution in [0.1, 0.15) is 85.0 Å². The van der Waals surface area contributed by atoms with Crippen molar-refractivity contribution in [2.24, 2.45) is 46.3 Å². The lowest BCUT2D eigenvalue weighted by atomic mass is 9.43. The van der Waals surface area contributed by atoms with E-state index in [-0.39, 0.29) is 23.6 Å². The number of aliphatic hydroxyl groups excluding tert-OH is 2. The highest BCUT2D eigenvalue weighted by Gasteiger charge is 2.62. The summed E-state index contributed by atoms with van der Waals surface area (Å²) in [6, 6.07) is 0. The summed E-state index contributed by atoms with van der Waals surface area (Å²) in [4.78, 5) is 11.6. The van der Waals surface area contributed by atoms with E-state index in [2.05, 4.69) is 20.8 Å². The fourth-order valence-corrected chi connectivity index (χ4v) is 8.82. The van der Waals surface area contributed by atoms with Crippen LogP contribution in [0.5, 0.6) is 0 Å². The van der Waals surface area contributed by atoms with E-state index in [4.69, 9.17) is 4.74 Å². The average Bonchev–Trinajstić information content (AvgIpc) is 3.04. The van der Waals surface area contributed by atoms with Gasteiger partial charge in [0, 0.05) is 6.42 Å². The Morgan fingerprint density at radius 3 is 2.45 bits per heavy atom. The molecule has 0 heterocycles. The fraction of sp³-hybridized carbons (Fsp3) is 0.960. The third kappa shape index (κ3) is 3.46. The average molecular weight is 407 g/mol. The minimum Gasteiger partial charge on any atom is -0.469 e. The Bertz CT molecular complexity index is 620. The number of rotatable bonds is 4. The van der Waals surface area contributed by atoms with Crippen molar-refractivity contribution in [1.82, 2.24) is 0 Å². The van der Waals surface area contributed by atoms with Crippen molar-refractivity contribution >= 4 is 5.97 Å². The van der Waals surface area contributed by atoms with Gasteiger partial charge < -0.3 is 14.9 Å². The highest BCUT2D eigenvalue weighted by Crippen LogP contribution is 2.68. The zero-order chi connectivity index (χ0) is 21.0. The molecule has 2 N–H and O–H groups in total. The molecule has 4 unspecified atom stereocenters. The van der Waals surface area contributed by atoms with Gasteiger partial charge in [-0.2, -0.15) is 0 Å². The monoisotopic (exact) mass is 406 g/mol. The number of hydrogen-bond donors (Lipinski definition) is 2. The van der Waals surface area contributed by atoms with Gasteiger partial charge in [0.1, 0.15) is 0 Å². The first-order chi connectivity index (χ1) is 13.7. The molecule has 4 aliphatic rings. The van der Waals surface area contributed by atoms with Gasteiger partial charge in [-0.1, -0.05) is 20.8 Å². The second-order valence-corrected chi connectivity index (χ2v) is 11.5. The maximum atomic E-state index is 11.6. The second-order valence-electron chi connectivity index (χ2n) is 11.5. The molecular weight excluding hydrogens is 364 g/mol. The van der Waals surface area contributed by atoms with Crippen LogP contribution in [0.25, 0.3) is 0 Å². The largest absolute Gasteiger partial charge is 0.469 e. The van der Waals surface area contributed by atoms with Crippen LogP contribution in [-0.4, -0.2) is 35.5 Å². The highest BCUT2D eigenvalue weighted by molar-refractivity contribution is 5.69. The van der Waals surface area contributed by atoms with Crippen LogP contribution in [0.15, 0.2) is 0 Å². The first kappa shape index (κ1) is 21.6. The predicted octanol–water partition coefficient (Wildman–Crippen LogP) is 4.57. The SMILES string of the molecule is COC(=O)CC[C@@H](C)[C@H]1CCC2C3C(CC[C@@]21C)[C@@]1(C)CC[C@@H](O)CC1C[C@H]3O. The molecule has 4 fully saturated rings. The number of aliphatic hydroxyl groups is 2. The molecule has 4 rings (SSSR count). The topological polar surface area (TPSA) is 66.8 Å². The van der Waals surface area contributed by atoms with Gasteiger partial charge in [0.15, 0.2) is 0 Å². The lowest BCUT2D eigenvalue weighted by molar-refractivity contribution is -0.174. The molecule has 0 saturated heterocycles. The van der Waals surface area contributed by atoms with Gasteiger partial charge in [0.25, 0.3) is 0 Å². The Balaban J connectivity index is 1.53. The maximum absolute atomic E-state index is 11.6. The van der Waals surface area contributed by atoms with Crippen molar-refractivity contribution in [3.8, 4) is 0 Å². The Morgan fingerprint density at radius 2 is 1.72 bits per heavy atom. The number of fused-ring (bicyclic) bond motifs is 5. The highest BCUT2D eigenvalue weighted by atomic mass is 16.5. The molecule has 29 heavy (non-hydrogen) atoms. The molecule has 4 saturated carbocycles. The van der Waals surface area contributed by atoms with Crippen LogP contribution in [0.4, 0.5) is 0 Å². The van der Waals surface area contributed by atoms with Crippen molar-refractivity contribution in [2.75, 3.05) is 7.11 Å². The van der Waals surface area contributed by atoms with E-state index >= 15 is 0 Å². The van der Waals surface area contributed by atoms with Gasteiger partial charge in [-0.25, -0.2) is 0 Å². The third-order valence-electron chi connectivity index (χ3n) is 10.4. The molecule has 0 bridgehead atoms. The van der Waals surface area contributed by atoms with E-state index in [0.29, 0.717) is 47.3 Å². The van der Waals surface area contributed by atoms with Gasteiger partial charge in [-0.3, -0.25) is 4.79 Å². The number of hydrogen-bond acceptors (Lipinski definition) is 4. The molecule has 0 aromatic heterocycles. The Hall–Kier alpha value is -0.610. The van der Waals surface area contributed by atoms with Gasteiger partial charge >= 0.3 is 5.97 Å². The zero-order valence-corrected chi connectivity index (χ0v) is 18.9. The molecule has 4 aliphatic carbocycles. The summed E-state index contributed by atoms with van der Waals surface area (Å²) in [6.07, 6.45) is 9.80. The summed E-state index contributed by atoms with van der Waals surface area (Å²) in [6.45, 7) is 7.29. The van der Waals surface area contributed by atoms with Crippen molar-refractivity contribution in [3.63, 3.8) is 0 Å².